The van der Waals surface area contributed by atoms with Crippen LogP contribution in [0.2, 0.25) is 0 Å². The number of nitrogens with two attached hydrogens (primary N) is 1. The molecule has 1 aromatic carbocycles. The summed E-state index contributed by atoms with van der Waals surface area (Å²) in [5.74, 6) is 0. The van der Waals surface area contributed by atoms with Gasteiger partial charge in [0.1, 0.15) is 0 Å². The quantitative estimate of drug-likeness (QED) is 0.773. The maximum Gasteiger partial charge on any atom is 0.0664 e. The Balaban J connectivity index is 2.06. The van der Waals surface area contributed by atoms with Crippen LogP contribution in [0.15, 0.2) is 24.3 Å². The Bertz CT molecular complexity index is 405. The molecule has 21 heavy (non-hydrogen) atoms. The predicted molar refractivity (Wildman–Crippen MR) is 90.1 cm³/mol. The average molecular weight is 291 g/mol. The van der Waals surface area contributed by atoms with E-state index >= 15 is 0 Å². The summed E-state index contributed by atoms with van der Waals surface area (Å²) < 4.78 is 5.34. The highest BCUT2D eigenvalue weighted by Gasteiger charge is 2.16. The van der Waals surface area contributed by atoms with Crippen molar-refractivity contribution in [2.45, 2.75) is 38.1 Å². The Kier molecular flexibility index (Phi) is 6.83. The van der Waals surface area contributed by atoms with Gasteiger partial charge in [0, 0.05) is 26.2 Å². The number of hydrogen-bond acceptors (Lipinski definition) is 4. The third-order valence-electron chi connectivity index (χ3n) is 4.08. The van der Waals surface area contributed by atoms with Crippen LogP contribution in [0.3, 0.4) is 0 Å². The zero-order valence-electron chi connectivity index (χ0n) is 13.2. The van der Waals surface area contributed by atoms with Crippen LogP contribution in [-0.4, -0.2) is 39.4 Å². The monoisotopic (exact) mass is 291 g/mol. The minimum Gasteiger partial charge on any atom is -0.383 e. The molecule has 0 spiro atoms. The number of ether oxygens (including phenoxy) is 1. The summed E-state index contributed by atoms with van der Waals surface area (Å²) in [5.41, 5.74) is 8.18. The van der Waals surface area contributed by atoms with Gasteiger partial charge in [-0.25, -0.2) is 0 Å². The van der Waals surface area contributed by atoms with Gasteiger partial charge < -0.3 is 20.7 Å². The molecule has 2 rings (SSSR count). The maximum atomic E-state index is 5.64. The van der Waals surface area contributed by atoms with Crippen LogP contribution in [0, 0.1) is 0 Å². The van der Waals surface area contributed by atoms with E-state index in [9.17, 15) is 0 Å². The van der Waals surface area contributed by atoms with E-state index in [0.29, 0.717) is 12.6 Å². The molecule has 0 radical (unpaired) electrons. The van der Waals surface area contributed by atoms with Crippen LogP contribution in [0.1, 0.15) is 32.1 Å². The minimum absolute atomic E-state index is 0.324. The normalized spacial score (nSPS) is 16.8. The Morgan fingerprint density at radius 2 is 2.00 bits per heavy atom. The van der Waals surface area contributed by atoms with Crippen LogP contribution in [0.25, 0.3) is 0 Å². The van der Waals surface area contributed by atoms with Crippen molar-refractivity contribution in [3.8, 4) is 0 Å². The number of piperidine rings is 1. The van der Waals surface area contributed by atoms with E-state index in [2.05, 4.69) is 34.5 Å². The van der Waals surface area contributed by atoms with E-state index in [4.69, 9.17) is 10.5 Å². The highest BCUT2D eigenvalue weighted by Crippen LogP contribution is 2.29. The molecule has 118 valence electrons. The molecular weight excluding hydrogens is 262 g/mol. The van der Waals surface area contributed by atoms with Crippen LogP contribution in [-0.2, 0) is 4.74 Å². The SMILES string of the molecule is COCC(CCCN)Nc1ccccc1N1CCCCC1. The molecule has 3 N–H and O–H groups in total. The fourth-order valence-electron chi connectivity index (χ4n) is 2.99. The first-order valence-corrected chi connectivity index (χ1v) is 8.14. The molecule has 1 heterocycles. The van der Waals surface area contributed by atoms with E-state index in [0.717, 1.165) is 32.5 Å². The first-order valence-electron chi connectivity index (χ1n) is 8.14. The highest BCUT2D eigenvalue weighted by molar-refractivity contribution is 5.70. The van der Waals surface area contributed by atoms with Crippen LogP contribution < -0.4 is 16.0 Å². The number of methoxy groups -OCH3 is 1. The maximum absolute atomic E-state index is 5.64. The van der Waals surface area contributed by atoms with Crippen molar-refractivity contribution in [3.63, 3.8) is 0 Å². The molecule has 1 aromatic rings. The molecule has 1 aliphatic rings. The molecule has 0 aromatic heterocycles. The molecular formula is C17H29N3O. The van der Waals surface area contributed by atoms with Crippen LogP contribution in [0.4, 0.5) is 11.4 Å². The Morgan fingerprint density at radius 3 is 2.71 bits per heavy atom. The first-order chi connectivity index (χ1) is 10.3. The third-order valence-corrected chi connectivity index (χ3v) is 4.08. The Morgan fingerprint density at radius 1 is 1.24 bits per heavy atom. The lowest BCUT2D eigenvalue weighted by Gasteiger charge is -2.32. The fraction of sp³-hybridized carbons (Fsp3) is 0.647. The van der Waals surface area contributed by atoms with E-state index in [1.54, 1.807) is 7.11 Å². The predicted octanol–water partition coefficient (Wildman–Crippen LogP) is 2.84. The lowest BCUT2D eigenvalue weighted by molar-refractivity contribution is 0.182. The molecule has 1 fully saturated rings. The molecule has 0 saturated carbocycles. The number of hydrogen-bond donors (Lipinski definition) is 2. The summed E-state index contributed by atoms with van der Waals surface area (Å²) in [6.45, 7) is 3.77. The summed E-state index contributed by atoms with van der Waals surface area (Å²) in [5, 5.41) is 3.66. The summed E-state index contributed by atoms with van der Waals surface area (Å²) in [7, 11) is 1.76. The first kappa shape index (κ1) is 16.1. The van der Waals surface area contributed by atoms with Crippen molar-refractivity contribution in [1.29, 1.82) is 0 Å². The molecule has 1 saturated heterocycles. The van der Waals surface area contributed by atoms with Crippen molar-refractivity contribution in [2.75, 3.05) is 43.6 Å². The van der Waals surface area contributed by atoms with Gasteiger partial charge in [-0.2, -0.15) is 0 Å². The molecule has 1 atom stereocenters. The molecule has 4 heteroatoms. The van der Waals surface area contributed by atoms with E-state index in [1.807, 2.05) is 0 Å². The average Bonchev–Trinajstić information content (AvgIpc) is 2.54. The summed E-state index contributed by atoms with van der Waals surface area (Å²) >= 11 is 0. The number of nitrogens with one attached hydrogen (secondary N) is 1. The second kappa shape index (κ2) is 8.90. The topological polar surface area (TPSA) is 50.5 Å². The van der Waals surface area contributed by atoms with Crippen molar-refractivity contribution in [2.24, 2.45) is 5.73 Å². The highest BCUT2D eigenvalue weighted by atomic mass is 16.5. The minimum atomic E-state index is 0.324. The molecule has 1 aliphatic heterocycles. The van der Waals surface area contributed by atoms with E-state index in [-0.39, 0.29) is 0 Å². The van der Waals surface area contributed by atoms with Crippen molar-refractivity contribution in [1.82, 2.24) is 0 Å². The fourth-order valence-corrected chi connectivity index (χ4v) is 2.99. The summed E-state index contributed by atoms with van der Waals surface area (Å²) in [4.78, 5) is 2.50. The second-order valence-electron chi connectivity index (χ2n) is 5.79. The van der Waals surface area contributed by atoms with Gasteiger partial charge in [0.05, 0.1) is 18.0 Å². The van der Waals surface area contributed by atoms with Crippen LogP contribution in [0.5, 0.6) is 0 Å². The van der Waals surface area contributed by atoms with Crippen molar-refractivity contribution in [3.05, 3.63) is 24.3 Å². The van der Waals surface area contributed by atoms with Gasteiger partial charge in [0.2, 0.25) is 0 Å². The Hall–Kier alpha value is -1.26. The zero-order chi connectivity index (χ0) is 14.9. The number of nitrogens with zero attached hydrogens (tertiary/aromatic N) is 1. The summed E-state index contributed by atoms with van der Waals surface area (Å²) in [6.07, 6.45) is 6.01. The van der Waals surface area contributed by atoms with Gasteiger partial charge >= 0.3 is 0 Å². The van der Waals surface area contributed by atoms with Gasteiger partial charge in [-0.1, -0.05) is 12.1 Å². The van der Waals surface area contributed by atoms with Crippen LogP contribution >= 0.6 is 0 Å². The molecule has 0 bridgehead atoms. The molecule has 0 amide bonds. The van der Waals surface area contributed by atoms with Gasteiger partial charge in [-0.15, -0.1) is 0 Å². The zero-order valence-corrected chi connectivity index (χ0v) is 13.2. The smallest absolute Gasteiger partial charge is 0.0664 e. The van der Waals surface area contributed by atoms with Gasteiger partial charge in [-0.3, -0.25) is 0 Å². The largest absolute Gasteiger partial charge is 0.383 e. The van der Waals surface area contributed by atoms with Crippen molar-refractivity contribution >= 4 is 11.4 Å². The number of anilines is 2. The number of benzene rings is 1. The van der Waals surface area contributed by atoms with Crippen molar-refractivity contribution < 1.29 is 4.74 Å². The number of rotatable bonds is 8. The Labute approximate surface area is 128 Å². The molecule has 1 unspecified atom stereocenters. The van der Waals surface area contributed by atoms with Gasteiger partial charge in [0.25, 0.3) is 0 Å². The van der Waals surface area contributed by atoms with E-state index < -0.39 is 0 Å². The number of para-hydroxylation sites is 2. The lowest BCUT2D eigenvalue weighted by Crippen LogP contribution is -2.32. The standard InChI is InChI=1S/C17H29N3O/c1-21-14-15(8-7-11-18)19-16-9-3-4-10-17(16)20-12-5-2-6-13-20/h3-4,9-10,15,19H,2,5-8,11-14,18H2,1H3. The summed E-state index contributed by atoms with van der Waals surface area (Å²) in [6, 6.07) is 8.95. The third kappa shape index (κ3) is 4.90. The van der Waals surface area contributed by atoms with E-state index in [1.165, 1.54) is 30.6 Å². The van der Waals surface area contributed by atoms with Gasteiger partial charge in [-0.05, 0) is 50.8 Å². The lowest BCUT2D eigenvalue weighted by atomic mass is 10.1. The van der Waals surface area contributed by atoms with Gasteiger partial charge in [0.15, 0.2) is 0 Å². The molecule has 4 nitrogen and oxygen atoms in total. The molecule has 0 aliphatic carbocycles. The second-order valence-corrected chi connectivity index (χ2v) is 5.79.